The summed E-state index contributed by atoms with van der Waals surface area (Å²) in [5.74, 6) is -0.0685. The fraction of sp³-hybridized carbons (Fsp3) is 0.875. The van der Waals surface area contributed by atoms with Crippen molar-refractivity contribution in [2.24, 2.45) is 17.3 Å². The van der Waals surface area contributed by atoms with Crippen molar-refractivity contribution in [1.82, 2.24) is 5.32 Å². The molecule has 2 fully saturated rings. The SMILES string of the molecule is CC1(C)[C@@H]2[C@@H](C(=O)[O-])NC[C@@H]21.[Li+]. The van der Waals surface area contributed by atoms with Gasteiger partial charge in [0.15, 0.2) is 0 Å². The van der Waals surface area contributed by atoms with Crippen LogP contribution in [0.25, 0.3) is 0 Å². The van der Waals surface area contributed by atoms with E-state index in [1.165, 1.54) is 0 Å². The quantitative estimate of drug-likeness (QED) is 0.399. The zero-order chi connectivity index (χ0) is 8.22. The monoisotopic (exact) mass is 161 g/mol. The Balaban J connectivity index is 0.000000720. The van der Waals surface area contributed by atoms with Crippen molar-refractivity contribution in [2.75, 3.05) is 6.54 Å². The van der Waals surface area contributed by atoms with Crippen LogP contribution in [0.15, 0.2) is 0 Å². The normalized spacial score (nSPS) is 41.3. The summed E-state index contributed by atoms with van der Waals surface area (Å²) >= 11 is 0. The first-order valence-electron chi connectivity index (χ1n) is 3.99. The van der Waals surface area contributed by atoms with Gasteiger partial charge in [0.25, 0.3) is 0 Å². The molecule has 4 heteroatoms. The van der Waals surface area contributed by atoms with Crippen LogP contribution >= 0.6 is 0 Å². The summed E-state index contributed by atoms with van der Waals surface area (Å²) in [4.78, 5) is 10.6. The Morgan fingerprint density at radius 3 is 2.42 bits per heavy atom. The number of carbonyl (C=O) groups is 1. The van der Waals surface area contributed by atoms with Crippen LogP contribution in [0, 0.1) is 17.3 Å². The van der Waals surface area contributed by atoms with Crippen LogP contribution in [0.3, 0.4) is 0 Å². The zero-order valence-electron chi connectivity index (χ0n) is 7.76. The van der Waals surface area contributed by atoms with E-state index < -0.39 is 12.0 Å². The standard InChI is InChI=1S/C8H13NO2.Li/c1-8(2)4-3-9-6(5(4)8)7(10)11;/h4-6,9H,3H2,1-2H3,(H,10,11);/q;+1/p-1/t4-,5-,6-;/m0./s1. The molecule has 3 nitrogen and oxygen atoms in total. The summed E-state index contributed by atoms with van der Waals surface area (Å²) in [6.07, 6.45) is 0. The van der Waals surface area contributed by atoms with Gasteiger partial charge in [0.05, 0.1) is 12.0 Å². The number of aliphatic carboxylic acids is 1. The third kappa shape index (κ3) is 1.12. The molecule has 3 atom stereocenters. The van der Waals surface area contributed by atoms with Crippen molar-refractivity contribution in [3.63, 3.8) is 0 Å². The summed E-state index contributed by atoms with van der Waals surface area (Å²) in [5, 5.41) is 13.5. The van der Waals surface area contributed by atoms with Crippen LogP contribution in [0.5, 0.6) is 0 Å². The fourth-order valence-corrected chi connectivity index (χ4v) is 2.45. The third-order valence-corrected chi connectivity index (χ3v) is 3.31. The number of rotatable bonds is 1. The Morgan fingerprint density at radius 1 is 1.58 bits per heavy atom. The minimum Gasteiger partial charge on any atom is -0.548 e. The van der Waals surface area contributed by atoms with Gasteiger partial charge in [0.2, 0.25) is 0 Å². The van der Waals surface area contributed by atoms with E-state index >= 15 is 0 Å². The maximum atomic E-state index is 10.6. The number of carboxylic acids is 1. The molecule has 2 aliphatic rings. The van der Waals surface area contributed by atoms with Crippen LogP contribution in [0.4, 0.5) is 0 Å². The fourth-order valence-electron chi connectivity index (χ4n) is 2.45. The molecule has 0 amide bonds. The molecule has 1 saturated heterocycles. The van der Waals surface area contributed by atoms with Crippen LogP contribution in [-0.4, -0.2) is 18.6 Å². The molecule has 0 bridgehead atoms. The van der Waals surface area contributed by atoms with Gasteiger partial charge in [0.1, 0.15) is 0 Å². The predicted molar refractivity (Wildman–Crippen MR) is 37.6 cm³/mol. The van der Waals surface area contributed by atoms with Gasteiger partial charge in [-0.1, -0.05) is 13.8 Å². The van der Waals surface area contributed by atoms with E-state index in [0.717, 1.165) is 6.54 Å². The summed E-state index contributed by atoms with van der Waals surface area (Å²) in [6, 6.07) is -0.394. The number of hydrogen-bond donors (Lipinski definition) is 1. The minimum absolute atomic E-state index is 0. The van der Waals surface area contributed by atoms with E-state index in [4.69, 9.17) is 0 Å². The maximum absolute atomic E-state index is 10.6. The van der Waals surface area contributed by atoms with E-state index in [2.05, 4.69) is 19.2 Å². The van der Waals surface area contributed by atoms with Crippen molar-refractivity contribution < 1.29 is 28.8 Å². The van der Waals surface area contributed by atoms with Gasteiger partial charge in [-0.15, -0.1) is 0 Å². The molecule has 1 heterocycles. The van der Waals surface area contributed by atoms with Gasteiger partial charge in [-0.2, -0.15) is 0 Å². The Hall–Kier alpha value is 0.0274. The molecule has 62 valence electrons. The molecule has 0 radical (unpaired) electrons. The van der Waals surface area contributed by atoms with Crippen molar-refractivity contribution >= 4 is 5.97 Å². The smallest absolute Gasteiger partial charge is 0.548 e. The third-order valence-electron chi connectivity index (χ3n) is 3.31. The molecule has 0 unspecified atom stereocenters. The number of hydrogen-bond acceptors (Lipinski definition) is 3. The maximum Gasteiger partial charge on any atom is 1.00 e. The molecule has 1 aliphatic carbocycles. The molecule has 0 aromatic carbocycles. The van der Waals surface area contributed by atoms with Crippen molar-refractivity contribution in [2.45, 2.75) is 19.9 Å². The molecular weight excluding hydrogens is 149 g/mol. The molecule has 0 aromatic heterocycles. The first-order chi connectivity index (χ1) is 5.05. The Kier molecular flexibility index (Phi) is 2.33. The Bertz CT molecular complexity index is 217. The minimum atomic E-state index is -0.942. The largest absolute Gasteiger partial charge is 1.00 e. The second kappa shape index (κ2) is 2.76. The average Bonchev–Trinajstić information content (AvgIpc) is 2.34. The van der Waals surface area contributed by atoms with Gasteiger partial charge in [-0.05, 0) is 23.8 Å². The van der Waals surface area contributed by atoms with E-state index in [1.54, 1.807) is 0 Å². The topological polar surface area (TPSA) is 52.2 Å². The van der Waals surface area contributed by atoms with Crippen LogP contribution < -0.4 is 29.3 Å². The second-order valence-electron chi connectivity index (χ2n) is 4.16. The average molecular weight is 161 g/mol. The van der Waals surface area contributed by atoms with Gasteiger partial charge >= 0.3 is 18.9 Å². The summed E-state index contributed by atoms with van der Waals surface area (Å²) in [7, 11) is 0. The van der Waals surface area contributed by atoms with E-state index in [9.17, 15) is 9.90 Å². The van der Waals surface area contributed by atoms with Gasteiger partial charge in [0, 0.05) is 0 Å². The number of carbonyl (C=O) groups excluding carboxylic acids is 1. The van der Waals surface area contributed by atoms with Crippen molar-refractivity contribution in [3.05, 3.63) is 0 Å². The number of nitrogens with one attached hydrogen (secondary N) is 1. The molecule has 0 spiro atoms. The van der Waals surface area contributed by atoms with Crippen molar-refractivity contribution in [3.8, 4) is 0 Å². The predicted octanol–water partition coefficient (Wildman–Crippen LogP) is -4.02. The van der Waals surface area contributed by atoms with Crippen LogP contribution in [0.1, 0.15) is 13.8 Å². The van der Waals surface area contributed by atoms with E-state index in [0.29, 0.717) is 11.8 Å². The van der Waals surface area contributed by atoms with Crippen LogP contribution in [0.2, 0.25) is 0 Å². The molecule has 1 saturated carbocycles. The molecular formula is C8H12LiNO2. The van der Waals surface area contributed by atoms with E-state index in [1.807, 2.05) is 0 Å². The summed E-state index contributed by atoms with van der Waals surface area (Å²) in [6.45, 7) is 5.09. The molecule has 12 heavy (non-hydrogen) atoms. The molecule has 2 rings (SSSR count). The summed E-state index contributed by atoms with van der Waals surface area (Å²) in [5.41, 5.74) is 0.232. The Labute approximate surface area is 84.1 Å². The first kappa shape index (κ1) is 10.1. The zero-order valence-corrected chi connectivity index (χ0v) is 7.76. The number of fused-ring (bicyclic) bond motifs is 1. The van der Waals surface area contributed by atoms with Gasteiger partial charge in [-0.3, -0.25) is 0 Å². The first-order valence-corrected chi connectivity index (χ1v) is 3.99. The Morgan fingerprint density at radius 2 is 2.17 bits per heavy atom. The molecule has 0 aromatic rings. The number of piperidine rings is 1. The molecule has 1 N–H and O–H groups in total. The van der Waals surface area contributed by atoms with Gasteiger partial charge < -0.3 is 15.2 Å². The van der Waals surface area contributed by atoms with Gasteiger partial charge in [-0.25, -0.2) is 0 Å². The molecule has 1 aliphatic heterocycles. The second-order valence-corrected chi connectivity index (χ2v) is 4.16. The van der Waals surface area contributed by atoms with Crippen molar-refractivity contribution in [1.29, 1.82) is 0 Å². The summed E-state index contributed by atoms with van der Waals surface area (Å²) < 4.78 is 0. The number of carboxylic acid groups (broad SMARTS) is 1. The van der Waals surface area contributed by atoms with Crippen LogP contribution in [-0.2, 0) is 4.79 Å². The van der Waals surface area contributed by atoms with E-state index in [-0.39, 0.29) is 24.3 Å².